The Kier molecular flexibility index (Phi) is 12.1. The Hall–Kier alpha value is -5.56. The van der Waals surface area contributed by atoms with Crippen LogP contribution in [0.15, 0.2) is 109 Å². The second-order valence-electron chi connectivity index (χ2n) is 14.0. The number of carbonyl (C=O) groups excluding carboxylic acids is 1. The second kappa shape index (κ2) is 17.5. The van der Waals surface area contributed by atoms with Gasteiger partial charge in [0, 0.05) is 37.7 Å². The first-order valence-electron chi connectivity index (χ1n) is 18.9. The predicted molar refractivity (Wildman–Crippen MR) is 213 cm³/mol. The lowest BCUT2D eigenvalue weighted by Gasteiger charge is -2.29. The van der Waals surface area contributed by atoms with Gasteiger partial charge in [-0.1, -0.05) is 90.1 Å². The fourth-order valence-electron chi connectivity index (χ4n) is 7.03. The first-order chi connectivity index (χ1) is 27.2. The summed E-state index contributed by atoms with van der Waals surface area (Å²) >= 11 is 0. The van der Waals surface area contributed by atoms with E-state index in [1.807, 2.05) is 116 Å². The zero-order valence-corrected chi connectivity index (χ0v) is 32.7. The third-order valence-corrected chi connectivity index (χ3v) is 11.3. The van der Waals surface area contributed by atoms with E-state index in [0.29, 0.717) is 37.7 Å². The maximum Gasteiger partial charge on any atom is 0.385 e. The van der Waals surface area contributed by atoms with E-state index in [4.69, 9.17) is 18.4 Å². The van der Waals surface area contributed by atoms with Gasteiger partial charge < -0.3 is 18.4 Å². The summed E-state index contributed by atoms with van der Waals surface area (Å²) in [5.74, 6) is 0.198. The molecule has 5 aromatic carbocycles. The number of nitrogens with zero attached hydrogens (tertiary/aromatic N) is 4. The number of carbonyl (C=O) groups is 1. The first-order valence-corrected chi connectivity index (χ1v) is 20.2. The van der Waals surface area contributed by atoms with Crippen molar-refractivity contribution in [1.29, 1.82) is 0 Å². The maximum atomic E-state index is 13.4. The maximum absolute atomic E-state index is 13.4. The van der Waals surface area contributed by atoms with Crippen molar-refractivity contribution < 1.29 is 31.6 Å². The second-order valence-corrected chi connectivity index (χ2v) is 15.5. The molecule has 0 fully saturated rings. The van der Waals surface area contributed by atoms with Crippen molar-refractivity contribution in [3.8, 4) is 11.5 Å². The molecular weight excluding hydrogens is 729 g/mol. The topological polar surface area (TPSA) is 122 Å². The first kappa shape index (κ1) is 38.7. The third kappa shape index (κ3) is 9.10. The lowest BCUT2D eigenvalue weighted by Crippen LogP contribution is -2.37. The average Bonchev–Trinajstić information content (AvgIpc) is 3.62. The Morgan fingerprint density at radius 1 is 0.893 bits per heavy atom. The number of esters is 1. The summed E-state index contributed by atoms with van der Waals surface area (Å²) in [5, 5.41) is 9.02. The Balaban J connectivity index is 1.10. The number of rotatable bonds is 16. The van der Waals surface area contributed by atoms with Crippen LogP contribution in [0.3, 0.4) is 0 Å². The van der Waals surface area contributed by atoms with Crippen molar-refractivity contribution in [2.45, 2.75) is 72.4 Å². The number of ether oxygens (including phenoxy) is 3. The minimum absolute atomic E-state index is 0.0735. The van der Waals surface area contributed by atoms with Crippen LogP contribution >= 0.6 is 0 Å². The van der Waals surface area contributed by atoms with Gasteiger partial charge in [-0.05, 0) is 90.4 Å². The van der Waals surface area contributed by atoms with E-state index >= 15 is 0 Å². The average molecular weight is 775 g/mol. The molecule has 0 aliphatic carbocycles. The molecule has 0 amide bonds. The molecule has 12 heteroatoms. The standard InChI is InChI=1S/C44H46N4O7S/c1-4-53-43(49)26-40(39-19-20-41-44(32(39)3)45-46-48(41)22-11-23-52-29-33-12-7-5-8-13-33)35-17-16-31(2)36(24-35)27-47-28-37-25-38(18-21-42(37)55-56(47,50)51)54-30-34-14-9-6-10-15-34/h5-10,12-21,24-25,40H,4,11,22-23,26-30H2,1-3H3. The molecule has 1 aromatic heterocycles. The normalized spacial score (nSPS) is 14.2. The summed E-state index contributed by atoms with van der Waals surface area (Å²) in [6, 6.07) is 35.1. The van der Waals surface area contributed by atoms with Crippen molar-refractivity contribution >= 4 is 27.3 Å². The van der Waals surface area contributed by atoms with Crippen molar-refractivity contribution in [2.24, 2.45) is 0 Å². The highest BCUT2D eigenvalue weighted by atomic mass is 32.2. The van der Waals surface area contributed by atoms with E-state index in [2.05, 4.69) is 10.3 Å². The van der Waals surface area contributed by atoms with E-state index in [1.54, 1.807) is 19.1 Å². The molecule has 0 N–H and O–H groups in total. The van der Waals surface area contributed by atoms with Crippen LogP contribution in [0, 0.1) is 13.8 Å². The van der Waals surface area contributed by atoms with Gasteiger partial charge in [0.15, 0.2) is 0 Å². The summed E-state index contributed by atoms with van der Waals surface area (Å²) in [5.41, 5.74) is 8.93. The highest BCUT2D eigenvalue weighted by molar-refractivity contribution is 7.84. The molecule has 2 heterocycles. The number of benzene rings is 5. The zero-order valence-electron chi connectivity index (χ0n) is 31.9. The molecule has 0 spiro atoms. The van der Waals surface area contributed by atoms with Gasteiger partial charge in [-0.2, -0.15) is 12.7 Å². The number of fused-ring (bicyclic) bond motifs is 2. The summed E-state index contributed by atoms with van der Waals surface area (Å²) < 4.78 is 53.0. The Labute approximate surface area is 328 Å². The van der Waals surface area contributed by atoms with E-state index in [-0.39, 0.29) is 43.8 Å². The van der Waals surface area contributed by atoms with Crippen molar-refractivity contribution in [1.82, 2.24) is 19.3 Å². The lowest BCUT2D eigenvalue weighted by molar-refractivity contribution is -0.143. The summed E-state index contributed by atoms with van der Waals surface area (Å²) in [7, 11) is -4.09. The third-order valence-electron chi connectivity index (χ3n) is 10.1. The molecule has 6 aromatic rings. The highest BCUT2D eigenvalue weighted by Crippen LogP contribution is 2.37. The van der Waals surface area contributed by atoms with Crippen molar-refractivity contribution in [3.05, 3.63) is 154 Å². The van der Waals surface area contributed by atoms with Crippen LogP contribution in [0.2, 0.25) is 0 Å². The Morgan fingerprint density at radius 3 is 2.39 bits per heavy atom. The highest BCUT2D eigenvalue weighted by Gasteiger charge is 2.33. The fraction of sp³-hybridized carbons (Fsp3) is 0.295. The largest absolute Gasteiger partial charge is 0.489 e. The molecule has 1 aliphatic heterocycles. The molecular formula is C44H46N4O7S. The molecule has 0 saturated carbocycles. The van der Waals surface area contributed by atoms with Gasteiger partial charge in [0.25, 0.3) is 0 Å². The molecule has 0 saturated heterocycles. The fourth-order valence-corrected chi connectivity index (χ4v) is 8.12. The van der Waals surface area contributed by atoms with E-state index < -0.39 is 10.3 Å². The lowest BCUT2D eigenvalue weighted by atomic mass is 9.84. The van der Waals surface area contributed by atoms with Crippen molar-refractivity contribution in [3.63, 3.8) is 0 Å². The van der Waals surface area contributed by atoms with E-state index in [9.17, 15) is 13.2 Å². The van der Waals surface area contributed by atoms with Gasteiger partial charge in [0.1, 0.15) is 23.6 Å². The zero-order chi connectivity index (χ0) is 39.1. The van der Waals surface area contributed by atoms with E-state index in [0.717, 1.165) is 56.4 Å². The SMILES string of the molecule is CCOC(=O)CC(c1ccc(C)c(CN2Cc3cc(OCc4ccccc4)ccc3OS2(=O)=O)c1)c1ccc2c(nnn2CCCOCc2ccccc2)c1C. The molecule has 11 nitrogen and oxygen atoms in total. The van der Waals surface area contributed by atoms with Gasteiger partial charge in [0.05, 0.1) is 25.2 Å². The molecule has 56 heavy (non-hydrogen) atoms. The summed E-state index contributed by atoms with van der Waals surface area (Å²) in [6.07, 6.45) is 0.871. The Bertz CT molecular complexity index is 2400. The van der Waals surface area contributed by atoms with Crippen LogP contribution < -0.4 is 8.92 Å². The smallest absolute Gasteiger partial charge is 0.385 e. The molecule has 0 bridgehead atoms. The number of aryl methyl sites for hydroxylation is 3. The van der Waals surface area contributed by atoms with Gasteiger partial charge in [-0.25, -0.2) is 4.68 Å². The van der Waals surface area contributed by atoms with Gasteiger partial charge in [0.2, 0.25) is 0 Å². The van der Waals surface area contributed by atoms with Crippen LogP contribution in [-0.2, 0) is 57.4 Å². The number of aromatic nitrogens is 3. The quantitative estimate of drug-likeness (QED) is 0.0712. The molecule has 7 rings (SSSR count). The van der Waals surface area contributed by atoms with Crippen LogP contribution in [0.5, 0.6) is 11.5 Å². The minimum atomic E-state index is -4.09. The molecule has 0 radical (unpaired) electrons. The van der Waals surface area contributed by atoms with Gasteiger partial charge in [-0.3, -0.25) is 4.79 Å². The molecule has 1 aliphatic rings. The monoisotopic (exact) mass is 774 g/mol. The van der Waals surface area contributed by atoms with Gasteiger partial charge in [-0.15, -0.1) is 5.10 Å². The summed E-state index contributed by atoms with van der Waals surface area (Å²) in [6.45, 7) is 8.37. The molecule has 290 valence electrons. The van der Waals surface area contributed by atoms with E-state index in [1.165, 1.54) is 4.31 Å². The van der Waals surface area contributed by atoms with Gasteiger partial charge >= 0.3 is 16.3 Å². The van der Waals surface area contributed by atoms with Crippen LogP contribution in [0.25, 0.3) is 11.0 Å². The Morgan fingerprint density at radius 2 is 1.64 bits per heavy atom. The minimum Gasteiger partial charge on any atom is -0.489 e. The van der Waals surface area contributed by atoms with Crippen LogP contribution in [0.1, 0.15) is 70.2 Å². The molecule has 1 atom stereocenters. The molecule has 1 unspecified atom stereocenters. The van der Waals surface area contributed by atoms with Crippen LogP contribution in [-0.4, -0.2) is 46.9 Å². The number of hydrogen-bond donors (Lipinski definition) is 0. The predicted octanol–water partition coefficient (Wildman–Crippen LogP) is 7.96. The van der Waals surface area contributed by atoms with Crippen LogP contribution in [0.4, 0.5) is 0 Å². The number of hydrogen-bond acceptors (Lipinski definition) is 9. The van der Waals surface area contributed by atoms with Crippen molar-refractivity contribution in [2.75, 3.05) is 13.2 Å². The summed E-state index contributed by atoms with van der Waals surface area (Å²) in [4.78, 5) is 13.1.